The molecule has 0 amide bonds. The van der Waals surface area contributed by atoms with E-state index in [1.54, 1.807) is 13.0 Å². The van der Waals surface area contributed by atoms with Crippen LogP contribution in [0.25, 0.3) is 0 Å². The fraction of sp³-hybridized carbons (Fsp3) is 0.294. The zero-order valence-corrected chi connectivity index (χ0v) is 13.0. The van der Waals surface area contributed by atoms with Gasteiger partial charge in [-0.2, -0.15) is 0 Å². The standard InChI is InChI=1S/C17H19ClFNO/c1-3-7-21-13-6-4-5-12(9-13)17(20)14-8-11(2)16(19)10-15(14)18/h4-6,8-10,17H,3,7,20H2,1-2H3. The van der Waals surface area contributed by atoms with Crippen LogP contribution < -0.4 is 10.5 Å². The number of hydrogen-bond donors (Lipinski definition) is 1. The molecule has 0 saturated carbocycles. The van der Waals surface area contributed by atoms with E-state index in [0.717, 1.165) is 17.7 Å². The fourth-order valence-corrected chi connectivity index (χ4v) is 2.38. The number of hydrogen-bond acceptors (Lipinski definition) is 2. The molecule has 21 heavy (non-hydrogen) atoms. The summed E-state index contributed by atoms with van der Waals surface area (Å²) < 4.78 is 19.1. The Kier molecular flexibility index (Phi) is 5.21. The summed E-state index contributed by atoms with van der Waals surface area (Å²) in [6.07, 6.45) is 0.944. The van der Waals surface area contributed by atoms with E-state index in [1.807, 2.05) is 24.3 Å². The van der Waals surface area contributed by atoms with Crippen LogP contribution in [0.15, 0.2) is 36.4 Å². The second-order valence-electron chi connectivity index (χ2n) is 5.02. The first-order valence-corrected chi connectivity index (χ1v) is 7.34. The van der Waals surface area contributed by atoms with E-state index in [2.05, 4.69) is 6.92 Å². The third-order valence-electron chi connectivity index (χ3n) is 3.30. The Morgan fingerprint density at radius 1 is 1.29 bits per heavy atom. The highest BCUT2D eigenvalue weighted by molar-refractivity contribution is 6.31. The normalized spacial score (nSPS) is 12.2. The maximum absolute atomic E-state index is 13.5. The van der Waals surface area contributed by atoms with Gasteiger partial charge in [-0.1, -0.05) is 30.7 Å². The van der Waals surface area contributed by atoms with Crippen LogP contribution in [0.1, 0.15) is 36.1 Å². The Morgan fingerprint density at radius 2 is 2.05 bits per heavy atom. The van der Waals surface area contributed by atoms with Gasteiger partial charge in [-0.15, -0.1) is 0 Å². The molecule has 4 heteroatoms. The third kappa shape index (κ3) is 3.74. The van der Waals surface area contributed by atoms with Gasteiger partial charge in [0.15, 0.2) is 0 Å². The molecule has 0 aromatic heterocycles. The molecule has 112 valence electrons. The van der Waals surface area contributed by atoms with E-state index in [1.165, 1.54) is 6.07 Å². The Hall–Kier alpha value is -1.58. The molecular weight excluding hydrogens is 289 g/mol. The predicted molar refractivity (Wildman–Crippen MR) is 84.4 cm³/mol. The molecule has 2 rings (SSSR count). The first-order valence-electron chi connectivity index (χ1n) is 6.96. The molecule has 0 aliphatic rings. The van der Waals surface area contributed by atoms with Crippen molar-refractivity contribution in [3.8, 4) is 5.75 Å². The smallest absolute Gasteiger partial charge is 0.127 e. The average molecular weight is 308 g/mol. The molecule has 0 saturated heterocycles. The SMILES string of the molecule is CCCOc1cccc(C(N)c2cc(C)c(F)cc2Cl)c1. The van der Waals surface area contributed by atoms with E-state index in [-0.39, 0.29) is 5.82 Å². The lowest BCUT2D eigenvalue weighted by molar-refractivity contribution is 0.317. The Balaban J connectivity index is 2.31. The summed E-state index contributed by atoms with van der Waals surface area (Å²) in [5, 5.41) is 0.338. The van der Waals surface area contributed by atoms with Gasteiger partial charge in [0, 0.05) is 5.02 Å². The number of halogens is 2. The van der Waals surface area contributed by atoms with Gasteiger partial charge in [0.2, 0.25) is 0 Å². The van der Waals surface area contributed by atoms with Gasteiger partial charge < -0.3 is 10.5 Å². The van der Waals surface area contributed by atoms with Crippen molar-refractivity contribution in [2.45, 2.75) is 26.3 Å². The quantitative estimate of drug-likeness (QED) is 0.874. The highest BCUT2D eigenvalue weighted by Crippen LogP contribution is 2.30. The maximum Gasteiger partial charge on any atom is 0.127 e. The third-order valence-corrected chi connectivity index (χ3v) is 3.63. The zero-order chi connectivity index (χ0) is 15.4. The van der Waals surface area contributed by atoms with Crippen LogP contribution >= 0.6 is 11.6 Å². The van der Waals surface area contributed by atoms with Crippen LogP contribution in [0, 0.1) is 12.7 Å². The van der Waals surface area contributed by atoms with Crippen LogP contribution in [0.4, 0.5) is 4.39 Å². The van der Waals surface area contributed by atoms with Crippen molar-refractivity contribution in [2.75, 3.05) is 6.61 Å². The van der Waals surface area contributed by atoms with E-state index < -0.39 is 6.04 Å². The predicted octanol–water partition coefficient (Wildman–Crippen LogP) is 4.62. The highest BCUT2D eigenvalue weighted by Gasteiger charge is 2.15. The second kappa shape index (κ2) is 6.92. The molecule has 2 aromatic rings. The maximum atomic E-state index is 13.5. The number of ether oxygens (including phenoxy) is 1. The van der Waals surface area contributed by atoms with Crippen LogP contribution in [-0.2, 0) is 0 Å². The molecular formula is C17H19ClFNO. The molecule has 2 N–H and O–H groups in total. The summed E-state index contributed by atoms with van der Waals surface area (Å²) >= 11 is 6.12. The Bertz CT molecular complexity index is 630. The number of benzene rings is 2. The van der Waals surface area contributed by atoms with Crippen molar-refractivity contribution >= 4 is 11.6 Å². The summed E-state index contributed by atoms with van der Waals surface area (Å²) in [6, 6.07) is 10.2. The van der Waals surface area contributed by atoms with Crippen molar-refractivity contribution in [1.29, 1.82) is 0 Å². The van der Waals surface area contributed by atoms with E-state index in [4.69, 9.17) is 22.1 Å². The Labute approximate surface area is 129 Å². The molecule has 0 heterocycles. The Morgan fingerprint density at radius 3 is 2.76 bits per heavy atom. The average Bonchev–Trinajstić information content (AvgIpc) is 2.48. The number of aryl methyl sites for hydroxylation is 1. The van der Waals surface area contributed by atoms with Crippen LogP contribution in [-0.4, -0.2) is 6.61 Å². The lowest BCUT2D eigenvalue weighted by Crippen LogP contribution is -2.13. The van der Waals surface area contributed by atoms with Crippen molar-refractivity contribution in [1.82, 2.24) is 0 Å². The largest absolute Gasteiger partial charge is 0.494 e. The van der Waals surface area contributed by atoms with Crippen LogP contribution in [0.2, 0.25) is 5.02 Å². The lowest BCUT2D eigenvalue weighted by atomic mass is 9.97. The summed E-state index contributed by atoms with van der Waals surface area (Å²) in [6.45, 7) is 4.41. The first-order chi connectivity index (χ1) is 10.0. The monoisotopic (exact) mass is 307 g/mol. The zero-order valence-electron chi connectivity index (χ0n) is 12.2. The van der Waals surface area contributed by atoms with Crippen molar-refractivity contribution in [3.63, 3.8) is 0 Å². The molecule has 2 nitrogen and oxygen atoms in total. The van der Waals surface area contributed by atoms with E-state index in [9.17, 15) is 4.39 Å². The highest BCUT2D eigenvalue weighted by atomic mass is 35.5. The molecule has 0 aliphatic heterocycles. The van der Waals surface area contributed by atoms with Crippen LogP contribution in [0.3, 0.4) is 0 Å². The minimum Gasteiger partial charge on any atom is -0.494 e. The van der Waals surface area contributed by atoms with Gasteiger partial charge in [-0.3, -0.25) is 0 Å². The van der Waals surface area contributed by atoms with Gasteiger partial charge in [0.05, 0.1) is 12.6 Å². The van der Waals surface area contributed by atoms with Crippen molar-refractivity contribution in [2.24, 2.45) is 5.73 Å². The number of rotatable bonds is 5. The molecule has 1 unspecified atom stereocenters. The van der Waals surface area contributed by atoms with Gasteiger partial charge >= 0.3 is 0 Å². The molecule has 0 bridgehead atoms. The summed E-state index contributed by atoms with van der Waals surface area (Å²) in [5.41, 5.74) is 8.40. The van der Waals surface area contributed by atoms with E-state index >= 15 is 0 Å². The summed E-state index contributed by atoms with van der Waals surface area (Å²) in [5.74, 6) is 0.454. The van der Waals surface area contributed by atoms with Crippen molar-refractivity contribution in [3.05, 3.63) is 63.9 Å². The minimum atomic E-state index is -0.415. The molecule has 0 spiro atoms. The summed E-state index contributed by atoms with van der Waals surface area (Å²) in [4.78, 5) is 0. The van der Waals surface area contributed by atoms with Crippen LogP contribution in [0.5, 0.6) is 5.75 Å². The van der Waals surface area contributed by atoms with Gasteiger partial charge in [0.25, 0.3) is 0 Å². The molecule has 1 atom stereocenters. The first kappa shape index (κ1) is 15.8. The molecule has 0 aliphatic carbocycles. The fourth-order valence-electron chi connectivity index (χ4n) is 2.12. The van der Waals surface area contributed by atoms with Gasteiger partial charge in [0.1, 0.15) is 11.6 Å². The molecule has 0 fully saturated rings. The minimum absolute atomic E-state index is 0.323. The second-order valence-corrected chi connectivity index (χ2v) is 5.43. The molecule has 0 radical (unpaired) electrons. The van der Waals surface area contributed by atoms with Gasteiger partial charge in [-0.05, 0) is 54.3 Å². The molecule has 2 aromatic carbocycles. The summed E-state index contributed by atoms with van der Waals surface area (Å²) in [7, 11) is 0. The topological polar surface area (TPSA) is 35.2 Å². The van der Waals surface area contributed by atoms with E-state index in [0.29, 0.717) is 22.8 Å². The lowest BCUT2D eigenvalue weighted by Gasteiger charge is -2.16. The van der Waals surface area contributed by atoms with Gasteiger partial charge in [-0.25, -0.2) is 4.39 Å². The number of nitrogens with two attached hydrogens (primary N) is 1. The van der Waals surface area contributed by atoms with Crippen molar-refractivity contribution < 1.29 is 9.13 Å².